The Morgan fingerprint density at radius 3 is 2.00 bits per heavy atom. The average Bonchev–Trinajstić information content (AvgIpc) is 2.89. The lowest BCUT2D eigenvalue weighted by atomic mass is 9.85. The Kier molecular flexibility index (Phi) is 7.16. The van der Waals surface area contributed by atoms with Gasteiger partial charge in [-0.1, -0.05) is 84.9 Å². The van der Waals surface area contributed by atoms with Gasteiger partial charge in [0.25, 0.3) is 5.91 Å². The van der Waals surface area contributed by atoms with Crippen molar-refractivity contribution < 1.29 is 14.6 Å². The number of carbonyl (C=O) groups is 1. The summed E-state index contributed by atoms with van der Waals surface area (Å²) in [5.41, 5.74) is 4.65. The third-order valence-corrected chi connectivity index (χ3v) is 5.63. The summed E-state index contributed by atoms with van der Waals surface area (Å²) in [5, 5.41) is 15.5. The first kappa shape index (κ1) is 23.0. The molecule has 0 aliphatic carbocycles. The van der Waals surface area contributed by atoms with Gasteiger partial charge in [0.2, 0.25) is 0 Å². The molecule has 0 bridgehead atoms. The number of carbonyl (C=O) groups excluding carboxylic acids is 1. The number of nitrogens with zero attached hydrogens (tertiary/aromatic N) is 1. The van der Waals surface area contributed by atoms with E-state index in [2.05, 4.69) is 23.5 Å². The van der Waals surface area contributed by atoms with Crippen molar-refractivity contribution in [3.8, 4) is 5.75 Å². The molecule has 0 aromatic heterocycles. The molecular formula is C29H26N2O3. The quantitative estimate of drug-likeness (QED) is 0.294. The molecular weight excluding hydrogens is 424 g/mol. The number of amides is 1. The molecule has 0 spiro atoms. The van der Waals surface area contributed by atoms with Gasteiger partial charge in [0, 0.05) is 0 Å². The minimum Gasteiger partial charge on any atom is -0.489 e. The second-order valence-electron chi connectivity index (χ2n) is 7.93. The summed E-state index contributed by atoms with van der Waals surface area (Å²) in [4.78, 5) is 13.1. The summed E-state index contributed by atoms with van der Waals surface area (Å²) >= 11 is 0. The van der Waals surface area contributed by atoms with Crippen molar-refractivity contribution in [2.24, 2.45) is 5.10 Å². The van der Waals surface area contributed by atoms with Crippen molar-refractivity contribution in [2.75, 3.05) is 0 Å². The Labute approximate surface area is 199 Å². The SMILES string of the molecule is Cc1ccccc1COc1ccc(/C=N\NC(=O)C(O)(c2ccccc2)c2ccccc2)cc1. The number of aliphatic hydroxyl groups is 1. The highest BCUT2D eigenvalue weighted by atomic mass is 16.5. The van der Waals surface area contributed by atoms with E-state index >= 15 is 0 Å². The fourth-order valence-corrected chi connectivity index (χ4v) is 3.62. The molecule has 0 atom stereocenters. The average molecular weight is 451 g/mol. The molecule has 0 radical (unpaired) electrons. The van der Waals surface area contributed by atoms with Gasteiger partial charge in [0.15, 0.2) is 5.60 Å². The fraction of sp³-hybridized carbons (Fsp3) is 0.103. The summed E-state index contributed by atoms with van der Waals surface area (Å²) in [5.74, 6) is 0.103. The predicted molar refractivity (Wildman–Crippen MR) is 134 cm³/mol. The number of rotatable bonds is 8. The van der Waals surface area contributed by atoms with Gasteiger partial charge in [0.05, 0.1) is 6.21 Å². The second-order valence-corrected chi connectivity index (χ2v) is 7.93. The number of hydrogen-bond acceptors (Lipinski definition) is 4. The van der Waals surface area contributed by atoms with Crippen molar-refractivity contribution in [3.63, 3.8) is 0 Å². The molecule has 0 heterocycles. The third-order valence-electron chi connectivity index (χ3n) is 5.63. The Morgan fingerprint density at radius 1 is 0.853 bits per heavy atom. The monoisotopic (exact) mass is 450 g/mol. The van der Waals surface area contributed by atoms with Gasteiger partial charge >= 0.3 is 0 Å². The summed E-state index contributed by atoms with van der Waals surface area (Å²) in [6, 6.07) is 33.2. The molecule has 4 aromatic rings. The fourth-order valence-electron chi connectivity index (χ4n) is 3.62. The van der Waals surface area contributed by atoms with E-state index in [-0.39, 0.29) is 0 Å². The number of hydrazone groups is 1. The van der Waals surface area contributed by atoms with Crippen LogP contribution in [0.3, 0.4) is 0 Å². The Bertz CT molecular complexity index is 1210. The molecule has 5 heteroatoms. The van der Waals surface area contributed by atoms with Gasteiger partial charge in [-0.2, -0.15) is 5.10 Å². The van der Waals surface area contributed by atoms with E-state index in [1.165, 1.54) is 11.8 Å². The topological polar surface area (TPSA) is 70.9 Å². The molecule has 4 rings (SSSR count). The molecule has 0 saturated carbocycles. The number of nitrogens with one attached hydrogen (secondary N) is 1. The molecule has 170 valence electrons. The lowest BCUT2D eigenvalue weighted by Crippen LogP contribution is -2.43. The van der Waals surface area contributed by atoms with Crippen LogP contribution >= 0.6 is 0 Å². The Morgan fingerprint density at radius 2 is 1.41 bits per heavy atom. The van der Waals surface area contributed by atoms with E-state index in [1.54, 1.807) is 48.5 Å². The molecule has 0 aliphatic heterocycles. The van der Waals surface area contributed by atoms with Crippen molar-refractivity contribution in [1.29, 1.82) is 0 Å². The van der Waals surface area contributed by atoms with Crippen molar-refractivity contribution in [2.45, 2.75) is 19.1 Å². The highest BCUT2D eigenvalue weighted by molar-refractivity contribution is 5.91. The van der Waals surface area contributed by atoms with Crippen LogP contribution in [0.25, 0.3) is 0 Å². The van der Waals surface area contributed by atoms with E-state index in [0.29, 0.717) is 17.7 Å². The van der Waals surface area contributed by atoms with E-state index in [1.807, 2.05) is 54.6 Å². The van der Waals surface area contributed by atoms with Crippen LogP contribution < -0.4 is 10.2 Å². The maximum atomic E-state index is 13.1. The summed E-state index contributed by atoms with van der Waals surface area (Å²) in [6.45, 7) is 2.55. The van der Waals surface area contributed by atoms with E-state index < -0.39 is 11.5 Å². The van der Waals surface area contributed by atoms with Crippen molar-refractivity contribution in [1.82, 2.24) is 5.43 Å². The molecule has 1 amide bonds. The van der Waals surface area contributed by atoms with E-state index in [9.17, 15) is 9.90 Å². The molecule has 0 unspecified atom stereocenters. The standard InChI is InChI=1S/C29H26N2O3/c1-22-10-8-9-11-24(22)21-34-27-18-16-23(17-19-27)20-30-31-28(32)29(33,25-12-4-2-5-13-25)26-14-6-3-7-15-26/h2-20,33H,21H2,1H3,(H,31,32)/b30-20-. The van der Waals surface area contributed by atoms with Gasteiger partial charge in [-0.3, -0.25) is 4.79 Å². The maximum absolute atomic E-state index is 13.1. The van der Waals surface area contributed by atoms with Crippen LogP contribution in [-0.2, 0) is 17.0 Å². The first-order valence-electron chi connectivity index (χ1n) is 11.0. The number of ether oxygens (including phenoxy) is 1. The highest BCUT2D eigenvalue weighted by Gasteiger charge is 2.39. The molecule has 5 nitrogen and oxygen atoms in total. The maximum Gasteiger partial charge on any atom is 0.281 e. The van der Waals surface area contributed by atoms with Crippen molar-refractivity contribution >= 4 is 12.1 Å². The Hall–Kier alpha value is -4.22. The van der Waals surface area contributed by atoms with Gasteiger partial charge in [-0.15, -0.1) is 0 Å². The van der Waals surface area contributed by atoms with Crippen LogP contribution in [0.5, 0.6) is 5.75 Å². The zero-order chi connectivity index (χ0) is 23.8. The first-order valence-corrected chi connectivity index (χ1v) is 11.0. The molecule has 0 aliphatic rings. The summed E-state index contributed by atoms with van der Waals surface area (Å²) in [7, 11) is 0. The van der Waals surface area contributed by atoms with Crippen LogP contribution in [0.2, 0.25) is 0 Å². The second kappa shape index (κ2) is 10.6. The predicted octanol–water partition coefficient (Wildman–Crippen LogP) is 4.96. The minimum atomic E-state index is -1.87. The summed E-state index contributed by atoms with van der Waals surface area (Å²) < 4.78 is 5.87. The zero-order valence-electron chi connectivity index (χ0n) is 18.9. The highest BCUT2D eigenvalue weighted by Crippen LogP contribution is 2.29. The number of hydrogen-bond donors (Lipinski definition) is 2. The lowest BCUT2D eigenvalue weighted by Gasteiger charge is -2.27. The van der Waals surface area contributed by atoms with Crippen LogP contribution in [0.4, 0.5) is 0 Å². The van der Waals surface area contributed by atoms with E-state index in [0.717, 1.165) is 16.9 Å². The summed E-state index contributed by atoms with van der Waals surface area (Å²) in [6.07, 6.45) is 1.53. The number of benzene rings is 4. The molecule has 0 fully saturated rings. The zero-order valence-corrected chi connectivity index (χ0v) is 18.9. The first-order chi connectivity index (χ1) is 16.6. The van der Waals surface area contributed by atoms with Gasteiger partial charge in [0.1, 0.15) is 12.4 Å². The largest absolute Gasteiger partial charge is 0.489 e. The van der Waals surface area contributed by atoms with Crippen LogP contribution in [0.1, 0.15) is 27.8 Å². The third kappa shape index (κ3) is 5.22. The normalized spacial score (nSPS) is 11.4. The molecule has 4 aromatic carbocycles. The van der Waals surface area contributed by atoms with Crippen molar-refractivity contribution in [3.05, 3.63) is 137 Å². The lowest BCUT2D eigenvalue weighted by molar-refractivity contribution is -0.136. The van der Waals surface area contributed by atoms with Gasteiger partial charge in [-0.05, 0) is 59.0 Å². The molecule has 0 saturated heterocycles. The number of aryl methyl sites for hydroxylation is 1. The molecule has 2 N–H and O–H groups in total. The van der Waals surface area contributed by atoms with Crippen LogP contribution in [0.15, 0.2) is 114 Å². The smallest absolute Gasteiger partial charge is 0.281 e. The Balaban J connectivity index is 1.42. The van der Waals surface area contributed by atoms with Gasteiger partial charge in [-0.25, -0.2) is 5.43 Å². The van der Waals surface area contributed by atoms with Crippen LogP contribution in [0, 0.1) is 6.92 Å². The molecule has 34 heavy (non-hydrogen) atoms. The van der Waals surface area contributed by atoms with Crippen LogP contribution in [-0.4, -0.2) is 17.2 Å². The van der Waals surface area contributed by atoms with E-state index in [4.69, 9.17) is 4.74 Å². The minimum absolute atomic E-state index is 0.462. The van der Waals surface area contributed by atoms with Gasteiger partial charge < -0.3 is 9.84 Å².